The second-order valence-corrected chi connectivity index (χ2v) is 4.61. The molecule has 2 rings (SSSR count). The fraction of sp³-hybridized carbons (Fsp3) is 0.500. The molecule has 92 valence electrons. The van der Waals surface area contributed by atoms with E-state index in [2.05, 4.69) is 11.8 Å². The van der Waals surface area contributed by atoms with Gasteiger partial charge in [0.15, 0.2) is 0 Å². The molecule has 1 aliphatic rings. The number of aldehydes is 1. The van der Waals surface area contributed by atoms with Gasteiger partial charge in [-0.3, -0.25) is 4.79 Å². The van der Waals surface area contributed by atoms with Crippen LogP contribution in [0, 0.1) is 5.82 Å². The van der Waals surface area contributed by atoms with Gasteiger partial charge in [0.25, 0.3) is 0 Å². The van der Waals surface area contributed by atoms with Crippen LogP contribution in [0.4, 0.5) is 10.1 Å². The van der Waals surface area contributed by atoms with Crippen molar-refractivity contribution in [1.29, 1.82) is 0 Å². The maximum Gasteiger partial charge on any atom is 0.150 e. The van der Waals surface area contributed by atoms with Crippen molar-refractivity contribution < 1.29 is 9.18 Å². The first-order chi connectivity index (χ1) is 8.26. The first kappa shape index (κ1) is 12.1. The molecule has 0 radical (unpaired) electrons. The standard InChI is InChI=1S/C14H18FNO/c1-2-3-8-16(12-5-6-12)14-7-4-11(10-17)9-13(14)15/h4,7,9-10,12H,2-3,5-6,8H2,1H3. The maximum atomic E-state index is 13.9. The highest BCUT2D eigenvalue weighted by Gasteiger charge is 2.30. The van der Waals surface area contributed by atoms with E-state index < -0.39 is 0 Å². The molecule has 1 aromatic rings. The molecule has 1 aromatic carbocycles. The molecule has 2 nitrogen and oxygen atoms in total. The van der Waals surface area contributed by atoms with Crippen molar-refractivity contribution >= 4 is 12.0 Å². The molecule has 0 unspecified atom stereocenters. The van der Waals surface area contributed by atoms with E-state index >= 15 is 0 Å². The fourth-order valence-electron chi connectivity index (χ4n) is 2.04. The van der Waals surface area contributed by atoms with Gasteiger partial charge >= 0.3 is 0 Å². The van der Waals surface area contributed by atoms with E-state index in [-0.39, 0.29) is 5.82 Å². The van der Waals surface area contributed by atoms with E-state index in [0.29, 0.717) is 23.6 Å². The molecule has 0 heterocycles. The molecule has 1 fully saturated rings. The second-order valence-electron chi connectivity index (χ2n) is 4.61. The Bertz CT molecular complexity index is 401. The lowest BCUT2D eigenvalue weighted by Gasteiger charge is -2.25. The van der Waals surface area contributed by atoms with Crippen LogP contribution in [0.1, 0.15) is 43.0 Å². The van der Waals surface area contributed by atoms with E-state index in [4.69, 9.17) is 0 Å². The highest BCUT2D eigenvalue weighted by atomic mass is 19.1. The summed E-state index contributed by atoms with van der Waals surface area (Å²) in [7, 11) is 0. The van der Waals surface area contributed by atoms with Gasteiger partial charge < -0.3 is 4.90 Å². The first-order valence-electron chi connectivity index (χ1n) is 6.27. The lowest BCUT2D eigenvalue weighted by molar-refractivity contribution is 0.112. The van der Waals surface area contributed by atoms with Gasteiger partial charge in [-0.1, -0.05) is 13.3 Å². The van der Waals surface area contributed by atoms with Gasteiger partial charge in [0.05, 0.1) is 5.69 Å². The molecule has 1 aliphatic carbocycles. The molecule has 0 spiro atoms. The predicted octanol–water partition coefficient (Wildman–Crippen LogP) is 3.41. The third kappa shape index (κ3) is 2.84. The molecule has 0 aromatic heterocycles. The van der Waals surface area contributed by atoms with Crippen LogP contribution in [0.2, 0.25) is 0 Å². The Kier molecular flexibility index (Phi) is 3.77. The number of halogens is 1. The van der Waals surface area contributed by atoms with Gasteiger partial charge in [-0.25, -0.2) is 4.39 Å². The van der Waals surface area contributed by atoms with E-state index in [1.54, 1.807) is 12.1 Å². The number of hydrogen-bond donors (Lipinski definition) is 0. The van der Waals surface area contributed by atoms with E-state index in [0.717, 1.165) is 32.2 Å². The Morgan fingerprint density at radius 3 is 2.76 bits per heavy atom. The Labute approximate surface area is 101 Å². The minimum absolute atomic E-state index is 0.280. The highest BCUT2D eigenvalue weighted by molar-refractivity contribution is 5.76. The van der Waals surface area contributed by atoms with Gasteiger partial charge in [0.2, 0.25) is 0 Å². The van der Waals surface area contributed by atoms with Gasteiger partial charge in [0.1, 0.15) is 12.1 Å². The van der Waals surface area contributed by atoms with Gasteiger partial charge in [0, 0.05) is 18.2 Å². The minimum atomic E-state index is -0.280. The number of unbranched alkanes of at least 4 members (excludes halogenated alkanes) is 1. The quantitative estimate of drug-likeness (QED) is 0.704. The molecular formula is C14H18FNO. The Morgan fingerprint density at radius 2 is 2.24 bits per heavy atom. The number of rotatable bonds is 6. The second kappa shape index (κ2) is 5.30. The predicted molar refractivity (Wildman–Crippen MR) is 67.1 cm³/mol. The van der Waals surface area contributed by atoms with Crippen molar-refractivity contribution in [2.45, 2.75) is 38.6 Å². The Morgan fingerprint density at radius 1 is 1.47 bits per heavy atom. The summed E-state index contributed by atoms with van der Waals surface area (Å²) in [5.41, 5.74) is 1.05. The highest BCUT2D eigenvalue weighted by Crippen LogP contribution is 2.33. The Balaban J connectivity index is 2.19. The van der Waals surface area contributed by atoms with Crippen LogP contribution in [0.15, 0.2) is 18.2 Å². The van der Waals surface area contributed by atoms with E-state index in [1.165, 1.54) is 6.07 Å². The average Bonchev–Trinajstić information content (AvgIpc) is 3.15. The van der Waals surface area contributed by atoms with Crippen LogP contribution in [-0.2, 0) is 0 Å². The van der Waals surface area contributed by atoms with Crippen LogP contribution in [-0.4, -0.2) is 18.9 Å². The minimum Gasteiger partial charge on any atom is -0.366 e. The zero-order valence-corrected chi connectivity index (χ0v) is 10.2. The number of nitrogens with zero attached hydrogens (tertiary/aromatic N) is 1. The van der Waals surface area contributed by atoms with Crippen molar-refractivity contribution in [3.05, 3.63) is 29.6 Å². The smallest absolute Gasteiger partial charge is 0.150 e. The van der Waals surface area contributed by atoms with Crippen LogP contribution in [0.25, 0.3) is 0 Å². The van der Waals surface area contributed by atoms with Crippen LogP contribution in [0.5, 0.6) is 0 Å². The molecule has 3 heteroatoms. The van der Waals surface area contributed by atoms with Crippen LogP contribution in [0.3, 0.4) is 0 Å². The van der Waals surface area contributed by atoms with Crippen molar-refractivity contribution in [3.63, 3.8) is 0 Å². The third-order valence-corrected chi connectivity index (χ3v) is 3.16. The summed E-state index contributed by atoms with van der Waals surface area (Å²) in [6, 6.07) is 5.24. The average molecular weight is 235 g/mol. The summed E-state index contributed by atoms with van der Waals surface area (Å²) < 4.78 is 13.9. The number of carbonyl (C=O) groups excluding carboxylic acids is 1. The molecular weight excluding hydrogens is 217 g/mol. The van der Waals surface area contributed by atoms with Crippen molar-refractivity contribution in [2.24, 2.45) is 0 Å². The molecule has 0 aliphatic heterocycles. The zero-order chi connectivity index (χ0) is 12.3. The molecule has 0 atom stereocenters. The van der Waals surface area contributed by atoms with Gasteiger partial charge in [-0.2, -0.15) is 0 Å². The largest absolute Gasteiger partial charge is 0.366 e. The van der Waals surface area contributed by atoms with Crippen molar-refractivity contribution in [2.75, 3.05) is 11.4 Å². The van der Waals surface area contributed by atoms with Gasteiger partial charge in [-0.05, 0) is 37.5 Å². The van der Waals surface area contributed by atoms with Crippen LogP contribution >= 0.6 is 0 Å². The lowest BCUT2D eigenvalue weighted by atomic mass is 10.2. The summed E-state index contributed by atoms with van der Waals surface area (Å²) in [5.74, 6) is -0.280. The summed E-state index contributed by atoms with van der Waals surface area (Å²) in [4.78, 5) is 12.7. The fourth-order valence-corrected chi connectivity index (χ4v) is 2.04. The monoisotopic (exact) mass is 235 g/mol. The molecule has 0 bridgehead atoms. The van der Waals surface area contributed by atoms with Crippen molar-refractivity contribution in [3.8, 4) is 0 Å². The molecule has 17 heavy (non-hydrogen) atoms. The molecule has 1 saturated carbocycles. The van der Waals surface area contributed by atoms with E-state index in [1.807, 2.05) is 0 Å². The topological polar surface area (TPSA) is 20.3 Å². The summed E-state index contributed by atoms with van der Waals surface area (Å²) >= 11 is 0. The van der Waals surface area contributed by atoms with Gasteiger partial charge in [-0.15, -0.1) is 0 Å². The van der Waals surface area contributed by atoms with Crippen molar-refractivity contribution in [1.82, 2.24) is 0 Å². The number of anilines is 1. The molecule has 0 N–H and O–H groups in total. The number of benzene rings is 1. The summed E-state index contributed by atoms with van der Waals surface area (Å²) in [6.45, 7) is 3.04. The third-order valence-electron chi connectivity index (χ3n) is 3.16. The Hall–Kier alpha value is -1.38. The number of hydrogen-bond acceptors (Lipinski definition) is 2. The van der Waals surface area contributed by atoms with E-state index in [9.17, 15) is 9.18 Å². The number of carbonyl (C=O) groups is 1. The summed E-state index contributed by atoms with van der Waals surface area (Å²) in [5, 5.41) is 0. The van der Waals surface area contributed by atoms with Crippen LogP contribution < -0.4 is 4.90 Å². The zero-order valence-electron chi connectivity index (χ0n) is 10.2. The maximum absolute atomic E-state index is 13.9. The summed E-state index contributed by atoms with van der Waals surface area (Å²) in [6.07, 6.45) is 5.17. The molecule has 0 saturated heterocycles. The SMILES string of the molecule is CCCCN(c1ccc(C=O)cc1F)C1CC1. The normalized spacial score (nSPS) is 14.7. The lowest BCUT2D eigenvalue weighted by Crippen LogP contribution is -2.27. The molecule has 0 amide bonds. The first-order valence-corrected chi connectivity index (χ1v) is 6.27.